The van der Waals surface area contributed by atoms with Gasteiger partial charge >= 0.3 is 5.97 Å². The molecule has 0 saturated heterocycles. The number of methoxy groups -OCH3 is 3. The lowest BCUT2D eigenvalue weighted by Gasteiger charge is -2.11. The molecule has 0 unspecified atom stereocenters. The number of halogens is 1. The molecule has 4 nitrogen and oxygen atoms in total. The third-order valence-electron chi connectivity index (χ3n) is 1.89. The second-order valence-electron chi connectivity index (χ2n) is 2.65. The number of hydrogen-bond acceptors (Lipinski definition) is 4. The average molecular weight is 322 g/mol. The molecule has 0 aliphatic rings. The van der Waals surface area contributed by atoms with E-state index in [0.29, 0.717) is 17.1 Å². The minimum absolute atomic E-state index is 0.394. The van der Waals surface area contributed by atoms with Gasteiger partial charge in [-0.15, -0.1) is 0 Å². The van der Waals surface area contributed by atoms with Crippen LogP contribution in [0.5, 0.6) is 11.5 Å². The Morgan fingerprint density at radius 3 is 2.33 bits per heavy atom. The molecule has 0 bridgehead atoms. The van der Waals surface area contributed by atoms with Crippen LogP contribution in [0, 0.1) is 3.57 Å². The quantitative estimate of drug-likeness (QED) is 0.631. The summed E-state index contributed by atoms with van der Waals surface area (Å²) in [6.45, 7) is 0. The lowest BCUT2D eigenvalue weighted by atomic mass is 10.2. The van der Waals surface area contributed by atoms with Gasteiger partial charge in [0.2, 0.25) is 0 Å². The maximum absolute atomic E-state index is 11.4. The highest BCUT2D eigenvalue weighted by Gasteiger charge is 2.18. The van der Waals surface area contributed by atoms with E-state index in [0.717, 1.165) is 3.57 Å². The van der Waals surface area contributed by atoms with Crippen LogP contribution in [0.2, 0.25) is 0 Å². The molecule has 0 N–H and O–H groups in total. The normalized spacial score (nSPS) is 9.60. The van der Waals surface area contributed by atoms with Crippen LogP contribution in [-0.2, 0) is 4.74 Å². The molecule has 0 atom stereocenters. The third kappa shape index (κ3) is 2.34. The molecule has 0 fully saturated rings. The monoisotopic (exact) mass is 322 g/mol. The first-order valence-electron chi connectivity index (χ1n) is 4.14. The van der Waals surface area contributed by atoms with Crippen molar-refractivity contribution in [2.75, 3.05) is 21.3 Å². The van der Waals surface area contributed by atoms with Crippen LogP contribution in [0.1, 0.15) is 10.4 Å². The Kier molecular flexibility index (Phi) is 4.19. The van der Waals surface area contributed by atoms with Gasteiger partial charge in [0.1, 0.15) is 17.1 Å². The molecule has 0 saturated carbocycles. The predicted octanol–water partition coefficient (Wildman–Crippen LogP) is 2.09. The van der Waals surface area contributed by atoms with Gasteiger partial charge in [-0.2, -0.15) is 0 Å². The summed E-state index contributed by atoms with van der Waals surface area (Å²) >= 11 is 2.06. The second kappa shape index (κ2) is 5.20. The van der Waals surface area contributed by atoms with E-state index < -0.39 is 5.97 Å². The van der Waals surface area contributed by atoms with Crippen molar-refractivity contribution in [2.24, 2.45) is 0 Å². The SMILES string of the molecule is COC(=O)c1ccc(OC)c(I)c1OC. The fraction of sp³-hybridized carbons (Fsp3) is 0.300. The van der Waals surface area contributed by atoms with E-state index in [9.17, 15) is 4.79 Å². The zero-order valence-electron chi connectivity index (χ0n) is 8.67. The van der Waals surface area contributed by atoms with Crippen LogP contribution < -0.4 is 9.47 Å². The van der Waals surface area contributed by atoms with Crippen LogP contribution in [0.3, 0.4) is 0 Å². The summed E-state index contributed by atoms with van der Waals surface area (Å²) in [5.74, 6) is 0.717. The van der Waals surface area contributed by atoms with E-state index in [-0.39, 0.29) is 0 Å². The molecule has 0 spiro atoms. The summed E-state index contributed by atoms with van der Waals surface area (Å²) < 4.78 is 15.7. The maximum Gasteiger partial charge on any atom is 0.341 e. The van der Waals surface area contributed by atoms with E-state index in [1.807, 2.05) is 0 Å². The number of carbonyl (C=O) groups excluding carboxylic acids is 1. The molecule has 0 amide bonds. The van der Waals surface area contributed by atoms with Crippen LogP contribution in [0.15, 0.2) is 12.1 Å². The lowest BCUT2D eigenvalue weighted by molar-refractivity contribution is 0.0597. The third-order valence-corrected chi connectivity index (χ3v) is 2.91. The highest BCUT2D eigenvalue weighted by Crippen LogP contribution is 2.33. The van der Waals surface area contributed by atoms with Crippen LogP contribution >= 0.6 is 22.6 Å². The van der Waals surface area contributed by atoms with E-state index in [4.69, 9.17) is 9.47 Å². The summed E-state index contributed by atoms with van der Waals surface area (Å²) in [5, 5.41) is 0. The Hall–Kier alpha value is -0.980. The smallest absolute Gasteiger partial charge is 0.341 e. The summed E-state index contributed by atoms with van der Waals surface area (Å²) in [6, 6.07) is 3.32. The maximum atomic E-state index is 11.4. The molecular weight excluding hydrogens is 311 g/mol. The minimum Gasteiger partial charge on any atom is -0.496 e. The fourth-order valence-corrected chi connectivity index (χ4v) is 2.08. The molecule has 5 heteroatoms. The Morgan fingerprint density at radius 1 is 1.20 bits per heavy atom. The molecule has 0 aliphatic carbocycles. The molecule has 1 aromatic carbocycles. The minimum atomic E-state index is -0.424. The van der Waals surface area contributed by atoms with Crippen LogP contribution in [0.25, 0.3) is 0 Å². The number of esters is 1. The summed E-state index contributed by atoms with van der Waals surface area (Å²) in [4.78, 5) is 11.4. The topological polar surface area (TPSA) is 44.8 Å². The number of benzene rings is 1. The van der Waals surface area contributed by atoms with Gasteiger partial charge in [-0.05, 0) is 34.7 Å². The molecule has 0 aromatic heterocycles. The zero-order valence-corrected chi connectivity index (χ0v) is 10.8. The summed E-state index contributed by atoms with van der Waals surface area (Å²) in [5.41, 5.74) is 0.394. The van der Waals surface area contributed by atoms with Crippen molar-refractivity contribution in [3.63, 3.8) is 0 Å². The molecule has 15 heavy (non-hydrogen) atoms. The fourth-order valence-electron chi connectivity index (χ4n) is 1.17. The van der Waals surface area contributed by atoms with Gasteiger partial charge in [0.15, 0.2) is 0 Å². The molecule has 0 aliphatic heterocycles. The largest absolute Gasteiger partial charge is 0.496 e. The number of rotatable bonds is 3. The van der Waals surface area contributed by atoms with Crippen molar-refractivity contribution >= 4 is 28.6 Å². The summed E-state index contributed by atoms with van der Waals surface area (Å²) in [6.07, 6.45) is 0. The first-order valence-corrected chi connectivity index (χ1v) is 5.22. The predicted molar refractivity (Wildman–Crippen MR) is 63.6 cm³/mol. The lowest BCUT2D eigenvalue weighted by Crippen LogP contribution is -2.06. The van der Waals surface area contributed by atoms with Crippen molar-refractivity contribution < 1.29 is 19.0 Å². The van der Waals surface area contributed by atoms with Crippen LogP contribution in [-0.4, -0.2) is 27.3 Å². The van der Waals surface area contributed by atoms with Crippen molar-refractivity contribution in [1.82, 2.24) is 0 Å². The molecule has 1 rings (SSSR count). The van der Waals surface area contributed by atoms with Crippen molar-refractivity contribution in [3.05, 3.63) is 21.3 Å². The zero-order chi connectivity index (χ0) is 11.4. The Labute approximate surface area is 102 Å². The van der Waals surface area contributed by atoms with E-state index >= 15 is 0 Å². The van der Waals surface area contributed by atoms with Gasteiger partial charge in [0.05, 0.1) is 24.9 Å². The van der Waals surface area contributed by atoms with E-state index in [2.05, 4.69) is 27.3 Å². The van der Waals surface area contributed by atoms with Gasteiger partial charge in [0.25, 0.3) is 0 Å². The van der Waals surface area contributed by atoms with Gasteiger partial charge < -0.3 is 14.2 Å². The van der Waals surface area contributed by atoms with Gasteiger partial charge in [-0.25, -0.2) is 4.79 Å². The van der Waals surface area contributed by atoms with Crippen molar-refractivity contribution in [3.8, 4) is 11.5 Å². The number of ether oxygens (including phenoxy) is 3. The van der Waals surface area contributed by atoms with Crippen molar-refractivity contribution in [1.29, 1.82) is 0 Å². The average Bonchev–Trinajstić information content (AvgIpc) is 2.27. The van der Waals surface area contributed by atoms with Gasteiger partial charge in [-0.1, -0.05) is 0 Å². The first-order chi connectivity index (χ1) is 7.15. The number of hydrogen-bond donors (Lipinski definition) is 0. The Morgan fingerprint density at radius 2 is 1.87 bits per heavy atom. The Balaban J connectivity index is 3.30. The Bertz CT molecular complexity index is 376. The van der Waals surface area contributed by atoms with Crippen molar-refractivity contribution in [2.45, 2.75) is 0 Å². The second-order valence-corrected chi connectivity index (χ2v) is 3.73. The van der Waals surface area contributed by atoms with Gasteiger partial charge in [0, 0.05) is 0 Å². The number of carbonyl (C=O) groups is 1. The van der Waals surface area contributed by atoms with Gasteiger partial charge in [-0.3, -0.25) is 0 Å². The van der Waals surface area contributed by atoms with E-state index in [1.165, 1.54) is 14.2 Å². The molecule has 1 aromatic rings. The molecular formula is C10H11IO4. The summed E-state index contributed by atoms with van der Waals surface area (Å²) in [7, 11) is 4.40. The highest BCUT2D eigenvalue weighted by molar-refractivity contribution is 14.1. The molecule has 0 heterocycles. The molecule has 82 valence electrons. The van der Waals surface area contributed by atoms with Crippen LogP contribution in [0.4, 0.5) is 0 Å². The van der Waals surface area contributed by atoms with E-state index in [1.54, 1.807) is 19.2 Å². The highest BCUT2D eigenvalue weighted by atomic mass is 127. The first kappa shape index (κ1) is 12.1. The standard InChI is InChI=1S/C10H11IO4/c1-13-7-5-4-6(10(12)15-3)9(14-2)8(7)11/h4-5H,1-3H3. The molecule has 0 radical (unpaired) electrons.